The highest BCUT2D eigenvalue weighted by molar-refractivity contribution is 8.76. The normalized spacial score (nSPS) is 23.4. The van der Waals surface area contributed by atoms with Crippen LogP contribution >= 0.6 is 21.6 Å². The average molecular weight is 1700 g/mol. The van der Waals surface area contributed by atoms with Crippen LogP contribution in [0.15, 0.2) is 140 Å². The van der Waals surface area contributed by atoms with E-state index in [9.17, 15) is 58.8 Å². The molecule has 2 saturated heterocycles. The Bertz CT molecular complexity index is 4470. The van der Waals surface area contributed by atoms with Crippen LogP contribution in [-0.2, 0) is 106 Å². The number of unbranched alkanes of at least 4 members (excludes halogenated alkanes) is 1. The minimum Gasteiger partial charge on any atom is -0.508 e. The Hall–Kier alpha value is -11.5. The highest BCUT2D eigenvalue weighted by Crippen LogP contribution is 2.25. The molecule has 0 unspecified atom stereocenters. The van der Waals surface area contributed by atoms with Crippen LogP contribution in [0, 0.1) is 0 Å². The van der Waals surface area contributed by atoms with Gasteiger partial charge in [-0.1, -0.05) is 151 Å². The molecule has 2 aliphatic rings. The summed E-state index contributed by atoms with van der Waals surface area (Å²) in [5.41, 5.74) is 16.3. The second-order valence-corrected chi connectivity index (χ2v) is 32.4. The van der Waals surface area contributed by atoms with Crippen LogP contribution in [0.2, 0.25) is 0 Å². The number of fused-ring (bicyclic) bond motifs is 13. The van der Waals surface area contributed by atoms with Crippen LogP contribution in [0.5, 0.6) is 5.75 Å². The zero-order valence-corrected chi connectivity index (χ0v) is 68.6. The molecule has 13 amide bonds. The van der Waals surface area contributed by atoms with Crippen molar-refractivity contribution in [1.29, 1.82) is 0 Å². The predicted octanol–water partition coefficient (Wildman–Crippen LogP) is -1.28. The van der Waals surface area contributed by atoms with Gasteiger partial charge in [0.25, 0.3) is 0 Å². The molecule has 2 bridgehead atoms. The largest absolute Gasteiger partial charge is 0.508 e. The van der Waals surface area contributed by atoms with Gasteiger partial charge in [-0.15, -0.1) is 0 Å². The first kappa shape index (κ1) is 94.0. The summed E-state index contributed by atoms with van der Waals surface area (Å²) in [5, 5.41) is 80.9. The van der Waals surface area contributed by atoms with Crippen LogP contribution in [0.4, 0.5) is 0 Å². The van der Waals surface area contributed by atoms with E-state index >= 15 is 28.8 Å². The smallest absolute Gasteiger partial charge is 0.327 e. The molecule has 6 aromatic rings. The Balaban J connectivity index is 1.26. The maximum Gasteiger partial charge on any atom is 0.327 e. The van der Waals surface area contributed by atoms with Gasteiger partial charge in [0, 0.05) is 92.8 Å². The Kier molecular flexibility index (Phi) is 37.6. The fourth-order valence-electron chi connectivity index (χ4n) is 13.1. The number of nitrogens with two attached hydrogens (primary N) is 2. The molecule has 646 valence electrons. The molecule has 0 spiro atoms. The number of carboxylic acid groups (broad SMARTS) is 1. The SMILES string of the molecule is CC(C)NCc1ccc(C[C@@H]2NC(=O)[C@@H](Cc3c[nH]c4ccccc34)NC(=O)[C@@H]3CCC(=O)NCCCC(=O)NCC[C@H](NC(=O)[C@H](Cc4ccccc4)NC(=O)[C@H]([C@@H](C)O)NC2=O)C(=O)N[C@@H](CO)C(=O)N[C@H](C(=O)O)CSSC[C@H](NC(=O)[C@@H](N)Cc2ccc(O)cc2)C(=O)N[C@@H](CCCCN)C(=O)N[C@@H](Cc2ccccc2)C(=O)N3)cc1. The molecule has 23 N–H and O–H groups in total. The number of H-pyrrole nitrogens is 1. The summed E-state index contributed by atoms with van der Waals surface area (Å²) in [4.78, 5) is 209. The number of benzene rings is 5. The van der Waals surface area contributed by atoms with Gasteiger partial charge in [-0.3, -0.25) is 62.3 Å². The average Bonchev–Trinajstić information content (AvgIpc) is 1.64. The highest BCUT2D eigenvalue weighted by Gasteiger charge is 2.39. The minimum atomic E-state index is -1.94. The molecule has 2 fully saturated rings. The van der Waals surface area contributed by atoms with E-state index in [1.165, 1.54) is 31.2 Å². The standard InChI is InChI=1S/C83H109N17O18S2/c1-47(2)88-42-53-25-23-52(24-26-53)40-64-79(113)100-71(48(3)102)82(116)96-63(39-50-17-8-5-9-18-50)77(111)92-61-33-36-87-69(104)22-14-35-86-70(105)32-31-60(74(108)95-65(78(112)94-64)41-54-43-89-58-20-11-10-19-56(54)58)91-76(110)62(38-49-15-6-4-7-16-49)93-73(107)59(21-12-13-34-84)90-81(115)67(98-72(106)57(85)37-51-27-29-55(103)30-28-51)45-119-120-46-68(83(117)118)99-80(114)66(44-101)97-75(61)109/h4-11,15-20,23-30,43,47-48,57,59-68,71,88-89,101-103H,12-14,21-22,31-42,44-46,84-85H2,1-3H3,(H,86,105)(H,87,104)(H,90,115)(H,91,110)(H,92,111)(H,93,107)(H,94,112)(H,95,108)(H,96,116)(H,97,109)(H,98,106)(H,99,114)(H,100,113)(H,117,118)/t48-,57+,59+,60+,61+,62+,63+,64+,65-,66+,67+,68+,71+/m1/s1. The highest BCUT2D eigenvalue weighted by atomic mass is 33.1. The Morgan fingerprint density at radius 1 is 0.508 bits per heavy atom. The van der Waals surface area contributed by atoms with Gasteiger partial charge < -0.3 is 111 Å². The maximum atomic E-state index is 15.7. The summed E-state index contributed by atoms with van der Waals surface area (Å²) < 4.78 is 0. The van der Waals surface area contributed by atoms with Crippen LogP contribution in [0.25, 0.3) is 10.9 Å². The van der Waals surface area contributed by atoms with Gasteiger partial charge in [-0.2, -0.15) is 0 Å². The lowest BCUT2D eigenvalue weighted by Gasteiger charge is -2.29. The third kappa shape index (κ3) is 30.4. The minimum absolute atomic E-state index is 0.000837. The van der Waals surface area contributed by atoms with Gasteiger partial charge in [-0.25, -0.2) is 4.79 Å². The number of carbonyl (C=O) groups is 14. The number of aromatic nitrogens is 1. The number of hydrogen-bond acceptors (Lipinski definition) is 22. The van der Waals surface area contributed by atoms with Gasteiger partial charge in [0.2, 0.25) is 76.8 Å². The van der Waals surface area contributed by atoms with Crippen molar-refractivity contribution in [2.75, 3.05) is 37.7 Å². The third-order valence-electron chi connectivity index (χ3n) is 19.9. The Labute approximate surface area is 702 Å². The lowest BCUT2D eigenvalue weighted by Crippen LogP contribution is -2.63. The number of nitrogens with one attached hydrogen (secondary N) is 15. The molecule has 120 heavy (non-hydrogen) atoms. The summed E-state index contributed by atoms with van der Waals surface area (Å²) >= 11 is 0. The van der Waals surface area contributed by atoms with Crippen molar-refractivity contribution in [2.24, 2.45) is 11.5 Å². The van der Waals surface area contributed by atoms with Crippen molar-refractivity contribution in [2.45, 2.75) is 195 Å². The number of aromatic hydroxyl groups is 1. The molecule has 8 rings (SSSR count). The number of para-hydroxylation sites is 1. The number of rotatable bonds is 22. The van der Waals surface area contributed by atoms with E-state index in [1.807, 2.05) is 13.8 Å². The summed E-state index contributed by atoms with van der Waals surface area (Å²) in [7, 11) is 1.64. The van der Waals surface area contributed by atoms with E-state index in [4.69, 9.17) is 11.5 Å². The molecule has 0 radical (unpaired) electrons. The Morgan fingerprint density at radius 2 is 1.00 bits per heavy atom. The number of aliphatic hydroxyl groups is 2. The van der Waals surface area contributed by atoms with E-state index in [0.29, 0.717) is 51.7 Å². The molecule has 13 atom stereocenters. The fraction of sp³-hybridized carbons (Fsp3) is 0.446. The summed E-state index contributed by atoms with van der Waals surface area (Å²) in [6.07, 6.45) is -2.71. The number of aliphatic carboxylic acids is 1. The molecule has 2 aliphatic heterocycles. The van der Waals surface area contributed by atoms with E-state index < -0.39 is 193 Å². The molecule has 37 heteroatoms. The molecule has 35 nitrogen and oxygen atoms in total. The number of carboxylic acids is 1. The van der Waals surface area contributed by atoms with Crippen LogP contribution < -0.4 is 85.9 Å². The number of aliphatic hydroxyl groups excluding tert-OH is 2. The van der Waals surface area contributed by atoms with E-state index in [1.54, 1.807) is 115 Å². The zero-order chi connectivity index (χ0) is 86.8. The van der Waals surface area contributed by atoms with Gasteiger partial charge in [0.1, 0.15) is 72.2 Å². The topological polar surface area (TPSA) is 556 Å². The Morgan fingerprint density at radius 3 is 1.60 bits per heavy atom. The van der Waals surface area contributed by atoms with E-state index in [0.717, 1.165) is 27.2 Å². The number of amides is 13. The summed E-state index contributed by atoms with van der Waals surface area (Å²) in [5.74, 6) is -15.4. The van der Waals surface area contributed by atoms with Gasteiger partial charge in [-0.05, 0) is 110 Å². The fourth-order valence-corrected chi connectivity index (χ4v) is 15.5. The van der Waals surface area contributed by atoms with Crippen molar-refractivity contribution < 1.29 is 87.5 Å². The molecule has 1 aromatic heterocycles. The number of aromatic amines is 1. The molecule has 3 heterocycles. The number of hydrogen-bond donors (Lipinski definition) is 21. The van der Waals surface area contributed by atoms with Crippen molar-refractivity contribution in [3.05, 3.63) is 173 Å². The third-order valence-corrected chi connectivity index (χ3v) is 22.4. The van der Waals surface area contributed by atoms with Gasteiger partial charge >= 0.3 is 5.97 Å². The molecule has 5 aromatic carbocycles. The first-order valence-electron chi connectivity index (χ1n) is 39.9. The lowest BCUT2D eigenvalue weighted by atomic mass is 9.99. The lowest BCUT2D eigenvalue weighted by molar-refractivity contribution is -0.142. The predicted molar refractivity (Wildman–Crippen MR) is 449 cm³/mol. The van der Waals surface area contributed by atoms with E-state index in [-0.39, 0.29) is 95.0 Å². The first-order chi connectivity index (χ1) is 57.5. The van der Waals surface area contributed by atoms with Crippen molar-refractivity contribution in [1.82, 2.24) is 79.4 Å². The van der Waals surface area contributed by atoms with Crippen molar-refractivity contribution in [3.63, 3.8) is 0 Å². The van der Waals surface area contributed by atoms with Gasteiger partial charge in [0.15, 0.2) is 0 Å². The van der Waals surface area contributed by atoms with Crippen LogP contribution in [0.1, 0.15) is 106 Å². The van der Waals surface area contributed by atoms with Crippen LogP contribution in [-0.4, -0.2) is 231 Å². The molecular weight excluding hydrogens is 1590 g/mol. The van der Waals surface area contributed by atoms with Gasteiger partial charge in [0.05, 0.1) is 18.8 Å². The van der Waals surface area contributed by atoms with E-state index in [2.05, 4.69) is 79.4 Å². The van der Waals surface area contributed by atoms with Crippen molar-refractivity contribution in [3.8, 4) is 5.75 Å². The zero-order valence-electron chi connectivity index (χ0n) is 67.0. The monoisotopic (exact) mass is 1700 g/mol. The number of phenols is 1. The summed E-state index contributed by atoms with van der Waals surface area (Å²) in [6.45, 7) is 4.05. The van der Waals surface area contributed by atoms with Crippen LogP contribution in [0.3, 0.4) is 0 Å². The maximum absolute atomic E-state index is 15.7. The quantitative estimate of drug-likeness (QED) is 0.0278. The van der Waals surface area contributed by atoms with Crippen molar-refractivity contribution >= 4 is 115 Å². The number of carbonyl (C=O) groups excluding carboxylic acids is 13. The second kappa shape index (κ2) is 47.9. The number of phenolic OH excluding ortho intramolecular Hbond substituents is 1. The first-order valence-corrected chi connectivity index (χ1v) is 42.3. The molecule has 0 aliphatic carbocycles. The molecular formula is C83H109N17O18S2. The second-order valence-electron chi connectivity index (χ2n) is 29.8. The summed E-state index contributed by atoms with van der Waals surface area (Å²) in [6, 6.07) is 16.4. The molecule has 0 saturated carbocycles.